The zero-order valence-corrected chi connectivity index (χ0v) is 20.9. The molecule has 0 aromatic carbocycles. The number of piperazine rings is 1. The number of carbonyl (C=O) groups excluding carboxylic acids is 2. The van der Waals surface area contributed by atoms with E-state index < -0.39 is 0 Å². The molecule has 0 bridgehead atoms. The van der Waals surface area contributed by atoms with Crippen molar-refractivity contribution in [3.05, 3.63) is 34.5 Å². The van der Waals surface area contributed by atoms with Crippen molar-refractivity contribution in [2.75, 3.05) is 44.8 Å². The van der Waals surface area contributed by atoms with Crippen molar-refractivity contribution in [2.45, 2.75) is 64.0 Å². The lowest BCUT2D eigenvalue weighted by Crippen LogP contribution is -2.56. The summed E-state index contributed by atoms with van der Waals surface area (Å²) in [5, 5.41) is 10.2. The van der Waals surface area contributed by atoms with E-state index in [4.69, 9.17) is 9.72 Å². The third kappa shape index (κ3) is 4.66. The molecule has 186 valence electrons. The maximum Gasteiger partial charge on any atom is 0.249 e. The van der Waals surface area contributed by atoms with Crippen molar-refractivity contribution in [1.82, 2.24) is 14.8 Å². The number of aromatic nitrogens is 1. The van der Waals surface area contributed by atoms with Gasteiger partial charge in [-0.1, -0.05) is 6.58 Å². The minimum atomic E-state index is -0.0264. The van der Waals surface area contributed by atoms with Crippen LogP contribution in [0.25, 0.3) is 0 Å². The molecule has 1 aromatic heterocycles. The molecule has 1 saturated heterocycles. The molecule has 4 aliphatic rings. The Balaban J connectivity index is 1.45. The first kappa shape index (κ1) is 23.8. The number of nitrogens with zero attached hydrogens (tertiary/aromatic N) is 5. The highest BCUT2D eigenvalue weighted by Crippen LogP contribution is 2.45. The van der Waals surface area contributed by atoms with Crippen LogP contribution in [0.5, 0.6) is 0 Å². The second kappa shape index (κ2) is 9.62. The van der Waals surface area contributed by atoms with Gasteiger partial charge in [0.25, 0.3) is 0 Å². The van der Waals surface area contributed by atoms with E-state index >= 15 is 0 Å². The maximum absolute atomic E-state index is 12.9. The molecule has 35 heavy (non-hydrogen) atoms. The Hall–Kier alpha value is -2.92. The van der Waals surface area contributed by atoms with Gasteiger partial charge >= 0.3 is 0 Å². The van der Waals surface area contributed by atoms with Crippen LogP contribution in [0.3, 0.4) is 0 Å². The fourth-order valence-corrected chi connectivity index (χ4v) is 5.66. The average Bonchev–Trinajstić information content (AvgIpc) is 3.78. The Labute approximate surface area is 207 Å². The molecule has 2 saturated carbocycles. The maximum atomic E-state index is 12.9. The first-order chi connectivity index (χ1) is 16.9. The van der Waals surface area contributed by atoms with Crippen molar-refractivity contribution < 1.29 is 14.3 Å². The van der Waals surface area contributed by atoms with Gasteiger partial charge in [0.05, 0.1) is 30.3 Å². The van der Waals surface area contributed by atoms with Gasteiger partial charge in [-0.3, -0.25) is 9.59 Å². The summed E-state index contributed by atoms with van der Waals surface area (Å²) in [7, 11) is 1.62. The third-order valence-corrected chi connectivity index (χ3v) is 7.86. The summed E-state index contributed by atoms with van der Waals surface area (Å²) >= 11 is 0. The normalized spacial score (nSPS) is 22.0. The zero-order valence-electron chi connectivity index (χ0n) is 20.9. The van der Waals surface area contributed by atoms with Gasteiger partial charge in [-0.15, -0.1) is 0 Å². The molecule has 2 aliphatic heterocycles. The van der Waals surface area contributed by atoms with E-state index in [1.54, 1.807) is 14.0 Å². The molecule has 8 heteroatoms. The number of rotatable bonds is 7. The van der Waals surface area contributed by atoms with Crippen molar-refractivity contribution in [3.8, 4) is 6.07 Å². The molecular weight excluding hydrogens is 442 g/mol. The number of hydrogen-bond donors (Lipinski definition) is 0. The molecule has 8 nitrogen and oxygen atoms in total. The largest absolute Gasteiger partial charge is 0.384 e. The third-order valence-electron chi connectivity index (χ3n) is 7.86. The fraction of sp³-hybridized carbons (Fsp3) is 0.630. The summed E-state index contributed by atoms with van der Waals surface area (Å²) in [4.78, 5) is 36.8. The molecule has 3 heterocycles. The van der Waals surface area contributed by atoms with Crippen LogP contribution in [-0.2, 0) is 27.3 Å². The predicted molar refractivity (Wildman–Crippen MR) is 132 cm³/mol. The first-order valence-corrected chi connectivity index (χ1v) is 12.9. The van der Waals surface area contributed by atoms with E-state index in [2.05, 4.69) is 17.5 Å². The molecular formula is C27H35N5O3. The monoisotopic (exact) mass is 477 g/mol. The Morgan fingerprint density at radius 3 is 2.57 bits per heavy atom. The summed E-state index contributed by atoms with van der Waals surface area (Å²) in [5.74, 6) is 1.84. The molecule has 0 N–H and O–H groups in total. The van der Waals surface area contributed by atoms with Crippen LogP contribution < -0.4 is 4.90 Å². The predicted octanol–water partition coefficient (Wildman–Crippen LogP) is 2.76. The highest BCUT2D eigenvalue weighted by molar-refractivity contribution is 5.92. The van der Waals surface area contributed by atoms with Gasteiger partial charge in [0.1, 0.15) is 11.9 Å². The molecule has 1 unspecified atom stereocenters. The molecule has 2 aliphatic carbocycles. The lowest BCUT2D eigenvalue weighted by Gasteiger charge is -2.43. The Morgan fingerprint density at radius 1 is 1.17 bits per heavy atom. The van der Waals surface area contributed by atoms with Crippen LogP contribution in [-0.4, -0.2) is 72.5 Å². The molecule has 2 amide bonds. The zero-order chi connectivity index (χ0) is 24.7. The fourth-order valence-electron chi connectivity index (χ4n) is 5.66. The van der Waals surface area contributed by atoms with Crippen molar-refractivity contribution in [3.63, 3.8) is 0 Å². The number of methoxy groups -OCH3 is 1. The number of pyridine rings is 1. The minimum Gasteiger partial charge on any atom is -0.384 e. The van der Waals surface area contributed by atoms with Crippen LogP contribution in [0, 0.1) is 17.2 Å². The number of hydrogen-bond acceptors (Lipinski definition) is 6. The Bertz CT molecular complexity index is 1090. The highest BCUT2D eigenvalue weighted by Gasteiger charge is 2.42. The second-order valence-electron chi connectivity index (χ2n) is 10.5. The summed E-state index contributed by atoms with van der Waals surface area (Å²) in [6.07, 6.45) is 5.57. The lowest BCUT2D eigenvalue weighted by molar-refractivity contribution is -0.135. The number of carbonyl (C=O) groups is 2. The molecule has 0 spiro atoms. The van der Waals surface area contributed by atoms with Crippen LogP contribution >= 0.6 is 0 Å². The van der Waals surface area contributed by atoms with Gasteiger partial charge in [0, 0.05) is 51.3 Å². The van der Waals surface area contributed by atoms with E-state index in [1.807, 2.05) is 9.80 Å². The van der Waals surface area contributed by atoms with Gasteiger partial charge < -0.3 is 19.4 Å². The van der Waals surface area contributed by atoms with Crippen molar-refractivity contribution in [1.29, 1.82) is 5.26 Å². The molecule has 3 fully saturated rings. The van der Waals surface area contributed by atoms with Gasteiger partial charge in [-0.05, 0) is 56.1 Å². The van der Waals surface area contributed by atoms with Crippen molar-refractivity contribution >= 4 is 17.6 Å². The van der Waals surface area contributed by atoms with E-state index in [0.29, 0.717) is 75.1 Å². The number of fused-ring (bicyclic) bond motifs is 1. The second-order valence-corrected chi connectivity index (χ2v) is 10.5. The van der Waals surface area contributed by atoms with Crippen LogP contribution in [0.15, 0.2) is 12.2 Å². The molecule has 0 radical (unpaired) electrons. The first-order valence-electron chi connectivity index (χ1n) is 12.9. The summed E-state index contributed by atoms with van der Waals surface area (Å²) in [6.45, 7) is 9.14. The summed E-state index contributed by atoms with van der Waals surface area (Å²) < 4.78 is 5.13. The lowest BCUT2D eigenvalue weighted by atomic mass is 9.91. The number of anilines is 1. The van der Waals surface area contributed by atoms with E-state index in [0.717, 1.165) is 48.3 Å². The molecule has 1 atom stereocenters. The summed E-state index contributed by atoms with van der Waals surface area (Å²) in [6, 6.07) is 2.63. The van der Waals surface area contributed by atoms with Gasteiger partial charge in [-0.2, -0.15) is 5.26 Å². The van der Waals surface area contributed by atoms with E-state index in [9.17, 15) is 14.9 Å². The standard InChI is InChI=1S/C27H35N5O3/c1-17(2)27(34)31-10-8-20-21(14-28)26(29-25(19-6-7-19)22(20)15-31)30-11-12-32(24(33)9-13-35-3)23(16-30)18-4-5-18/h18-19,23H,1,4-13,15-16H2,2-3H3. The average molecular weight is 478 g/mol. The van der Waals surface area contributed by atoms with Crippen LogP contribution in [0.1, 0.15) is 67.3 Å². The molecule has 5 rings (SSSR count). The number of ether oxygens (including phenoxy) is 1. The smallest absolute Gasteiger partial charge is 0.249 e. The van der Waals surface area contributed by atoms with Gasteiger partial charge in [0.15, 0.2) is 0 Å². The number of amides is 2. The van der Waals surface area contributed by atoms with E-state index in [1.165, 1.54) is 0 Å². The highest BCUT2D eigenvalue weighted by atomic mass is 16.5. The van der Waals surface area contributed by atoms with Crippen molar-refractivity contribution in [2.24, 2.45) is 5.92 Å². The van der Waals surface area contributed by atoms with Gasteiger partial charge in [-0.25, -0.2) is 4.98 Å². The Morgan fingerprint density at radius 2 is 1.94 bits per heavy atom. The number of nitriles is 1. The SMILES string of the molecule is C=C(C)C(=O)N1CCc2c(C#N)c(N3CCN(C(=O)CCOC)C(C4CC4)C3)nc(C3CC3)c2C1. The van der Waals surface area contributed by atoms with Crippen LogP contribution in [0.4, 0.5) is 5.82 Å². The summed E-state index contributed by atoms with van der Waals surface area (Å²) in [5.41, 5.74) is 4.39. The van der Waals surface area contributed by atoms with Gasteiger partial charge in [0.2, 0.25) is 11.8 Å². The molecule has 1 aromatic rings. The topological polar surface area (TPSA) is 89.8 Å². The Kier molecular flexibility index (Phi) is 6.54. The quantitative estimate of drug-likeness (QED) is 0.561. The van der Waals surface area contributed by atoms with E-state index in [-0.39, 0.29) is 17.9 Å². The minimum absolute atomic E-state index is 0.0264. The van der Waals surface area contributed by atoms with Crippen LogP contribution in [0.2, 0.25) is 0 Å².